The second kappa shape index (κ2) is 9.20. The lowest BCUT2D eigenvalue weighted by atomic mass is 9.97. The lowest BCUT2D eigenvalue weighted by Gasteiger charge is -2.36. The maximum atomic E-state index is 12.5. The summed E-state index contributed by atoms with van der Waals surface area (Å²) < 4.78 is 5.46. The summed E-state index contributed by atoms with van der Waals surface area (Å²) >= 11 is 0. The van der Waals surface area contributed by atoms with E-state index >= 15 is 0 Å². The fourth-order valence-corrected chi connectivity index (χ4v) is 3.77. The van der Waals surface area contributed by atoms with Crippen LogP contribution in [0.2, 0.25) is 0 Å². The molecule has 1 aromatic carbocycles. The molecule has 0 saturated carbocycles. The summed E-state index contributed by atoms with van der Waals surface area (Å²) in [5, 5.41) is 3.14. The third kappa shape index (κ3) is 5.19. The molecule has 0 bridgehead atoms. The van der Waals surface area contributed by atoms with Crippen molar-refractivity contribution in [3.05, 3.63) is 35.9 Å². The van der Waals surface area contributed by atoms with E-state index < -0.39 is 0 Å². The van der Waals surface area contributed by atoms with Crippen molar-refractivity contribution in [1.29, 1.82) is 0 Å². The monoisotopic (exact) mass is 345 g/mol. The number of ether oxygens (including phenoxy) is 1. The maximum absolute atomic E-state index is 12.5. The van der Waals surface area contributed by atoms with Gasteiger partial charge in [0.05, 0.1) is 6.61 Å². The molecule has 1 N–H and O–H groups in total. The zero-order chi connectivity index (χ0) is 17.5. The van der Waals surface area contributed by atoms with Crippen molar-refractivity contribution in [2.75, 3.05) is 52.5 Å². The zero-order valence-corrected chi connectivity index (χ0v) is 15.3. The highest BCUT2D eigenvalue weighted by Gasteiger charge is 2.25. The van der Waals surface area contributed by atoms with Gasteiger partial charge in [0.1, 0.15) is 0 Å². The van der Waals surface area contributed by atoms with E-state index in [1.165, 1.54) is 12.0 Å². The van der Waals surface area contributed by atoms with Crippen LogP contribution in [0.15, 0.2) is 30.3 Å². The first kappa shape index (κ1) is 18.2. The van der Waals surface area contributed by atoms with Gasteiger partial charge in [0.2, 0.25) is 0 Å². The van der Waals surface area contributed by atoms with Crippen LogP contribution >= 0.6 is 0 Å². The number of amides is 2. The van der Waals surface area contributed by atoms with E-state index in [4.69, 9.17) is 4.74 Å². The molecule has 2 heterocycles. The molecular weight excluding hydrogens is 314 g/mol. The zero-order valence-electron chi connectivity index (χ0n) is 15.3. The molecule has 2 aliphatic heterocycles. The van der Waals surface area contributed by atoms with E-state index in [0.717, 1.165) is 52.4 Å². The number of hydrogen-bond acceptors (Lipinski definition) is 3. The van der Waals surface area contributed by atoms with Gasteiger partial charge in [0.25, 0.3) is 0 Å². The van der Waals surface area contributed by atoms with Crippen LogP contribution < -0.4 is 5.32 Å². The number of benzene rings is 1. The molecule has 25 heavy (non-hydrogen) atoms. The average Bonchev–Trinajstić information content (AvgIpc) is 3.16. The Morgan fingerprint density at radius 3 is 2.64 bits per heavy atom. The topological polar surface area (TPSA) is 44.8 Å². The number of rotatable bonds is 6. The predicted octanol–water partition coefficient (Wildman–Crippen LogP) is 2.54. The third-order valence-electron chi connectivity index (χ3n) is 5.46. The van der Waals surface area contributed by atoms with Crippen molar-refractivity contribution >= 4 is 6.03 Å². The van der Waals surface area contributed by atoms with Crippen LogP contribution in [0.1, 0.15) is 31.2 Å². The smallest absolute Gasteiger partial charge is 0.317 e. The normalized spacial score (nSPS) is 22.8. The van der Waals surface area contributed by atoms with Crippen molar-refractivity contribution in [2.45, 2.75) is 25.7 Å². The second-order valence-electron chi connectivity index (χ2n) is 7.22. The molecule has 5 nitrogen and oxygen atoms in total. The molecule has 1 aromatic rings. The number of carbonyl (C=O) groups is 1. The van der Waals surface area contributed by atoms with Crippen LogP contribution in [0.25, 0.3) is 0 Å². The van der Waals surface area contributed by atoms with E-state index in [1.807, 2.05) is 11.0 Å². The summed E-state index contributed by atoms with van der Waals surface area (Å²) in [5.41, 5.74) is 1.30. The van der Waals surface area contributed by atoms with Crippen molar-refractivity contribution in [2.24, 2.45) is 5.92 Å². The van der Waals surface area contributed by atoms with Gasteiger partial charge in [-0.2, -0.15) is 0 Å². The minimum Gasteiger partial charge on any atom is -0.381 e. The van der Waals surface area contributed by atoms with Gasteiger partial charge in [0.15, 0.2) is 0 Å². The Kier molecular flexibility index (Phi) is 6.70. The largest absolute Gasteiger partial charge is 0.381 e. The van der Waals surface area contributed by atoms with Gasteiger partial charge in [-0.1, -0.05) is 37.3 Å². The van der Waals surface area contributed by atoms with Gasteiger partial charge in [-0.05, 0) is 24.3 Å². The lowest BCUT2D eigenvalue weighted by molar-refractivity contribution is 0.119. The molecule has 2 fully saturated rings. The van der Waals surface area contributed by atoms with Gasteiger partial charge in [-0.25, -0.2) is 4.79 Å². The number of carbonyl (C=O) groups excluding carboxylic acids is 1. The Balaban J connectivity index is 1.40. The summed E-state index contributed by atoms with van der Waals surface area (Å²) in [5.74, 6) is 1.06. The maximum Gasteiger partial charge on any atom is 0.317 e. The molecule has 2 aliphatic rings. The van der Waals surface area contributed by atoms with Crippen LogP contribution in [0.3, 0.4) is 0 Å². The highest BCUT2D eigenvalue weighted by molar-refractivity contribution is 5.74. The Morgan fingerprint density at radius 2 is 2.00 bits per heavy atom. The number of nitrogens with zero attached hydrogens (tertiary/aromatic N) is 2. The first-order valence-corrected chi connectivity index (χ1v) is 9.64. The van der Waals surface area contributed by atoms with Crippen LogP contribution in [0.5, 0.6) is 0 Å². The number of piperazine rings is 1. The average molecular weight is 345 g/mol. The van der Waals surface area contributed by atoms with Crippen molar-refractivity contribution in [1.82, 2.24) is 15.1 Å². The number of hydrogen-bond donors (Lipinski definition) is 1. The fraction of sp³-hybridized carbons (Fsp3) is 0.650. The molecular formula is C20H31N3O2. The summed E-state index contributed by atoms with van der Waals surface area (Å²) in [6.07, 6.45) is 2.21. The van der Waals surface area contributed by atoms with Gasteiger partial charge < -0.3 is 15.0 Å². The standard InChI is InChI=1S/C20H31N3O2/c1-2-18(19-6-4-3-5-7-19)14-21-20(24)23-11-9-22(10-12-23)15-17-8-13-25-16-17/h3-7,17-18H,2,8-16H2,1H3,(H,21,24)/t17-,18-/m0/s1. The number of nitrogens with one attached hydrogen (secondary N) is 1. The van der Waals surface area contributed by atoms with E-state index in [-0.39, 0.29) is 6.03 Å². The van der Waals surface area contributed by atoms with Crippen molar-refractivity contribution in [3.8, 4) is 0 Å². The summed E-state index contributed by atoms with van der Waals surface area (Å²) in [6.45, 7) is 9.39. The number of urea groups is 1. The highest BCUT2D eigenvalue weighted by atomic mass is 16.5. The Morgan fingerprint density at radius 1 is 1.24 bits per heavy atom. The molecule has 0 aromatic heterocycles. The Hall–Kier alpha value is -1.59. The van der Waals surface area contributed by atoms with Crippen LogP contribution in [0, 0.1) is 5.92 Å². The minimum absolute atomic E-state index is 0.0817. The molecule has 5 heteroatoms. The SMILES string of the molecule is CC[C@@H](CNC(=O)N1CCN(C[C@@H]2CCOC2)CC1)c1ccccc1. The summed E-state index contributed by atoms with van der Waals surface area (Å²) in [7, 11) is 0. The van der Waals surface area contributed by atoms with Crippen LogP contribution in [0.4, 0.5) is 4.79 Å². The molecule has 0 radical (unpaired) electrons. The first-order chi connectivity index (χ1) is 12.3. The molecule has 0 unspecified atom stereocenters. The molecule has 2 atom stereocenters. The molecule has 2 saturated heterocycles. The molecule has 0 spiro atoms. The molecule has 138 valence electrons. The van der Waals surface area contributed by atoms with E-state index in [2.05, 4.69) is 41.4 Å². The van der Waals surface area contributed by atoms with E-state index in [0.29, 0.717) is 18.4 Å². The van der Waals surface area contributed by atoms with Gasteiger partial charge in [-0.3, -0.25) is 4.90 Å². The molecule has 3 rings (SSSR count). The Labute approximate surface area is 151 Å². The summed E-state index contributed by atoms with van der Waals surface area (Å²) in [4.78, 5) is 16.9. The van der Waals surface area contributed by atoms with E-state index in [9.17, 15) is 4.79 Å². The van der Waals surface area contributed by atoms with Crippen molar-refractivity contribution in [3.63, 3.8) is 0 Å². The highest BCUT2D eigenvalue weighted by Crippen LogP contribution is 2.18. The van der Waals surface area contributed by atoms with Crippen molar-refractivity contribution < 1.29 is 9.53 Å². The first-order valence-electron chi connectivity index (χ1n) is 9.64. The predicted molar refractivity (Wildman–Crippen MR) is 99.8 cm³/mol. The Bertz CT molecular complexity index is 523. The summed E-state index contributed by atoms with van der Waals surface area (Å²) in [6, 6.07) is 10.5. The van der Waals surface area contributed by atoms with Gasteiger partial charge in [0, 0.05) is 51.8 Å². The fourth-order valence-electron chi connectivity index (χ4n) is 3.77. The van der Waals surface area contributed by atoms with Crippen LogP contribution in [-0.4, -0.2) is 68.3 Å². The second-order valence-corrected chi connectivity index (χ2v) is 7.22. The molecule has 0 aliphatic carbocycles. The third-order valence-corrected chi connectivity index (χ3v) is 5.46. The van der Waals surface area contributed by atoms with Gasteiger partial charge in [-0.15, -0.1) is 0 Å². The lowest BCUT2D eigenvalue weighted by Crippen LogP contribution is -2.52. The van der Waals surface area contributed by atoms with Crippen LogP contribution in [-0.2, 0) is 4.74 Å². The molecule has 2 amide bonds. The van der Waals surface area contributed by atoms with Gasteiger partial charge >= 0.3 is 6.03 Å². The minimum atomic E-state index is 0.0817. The quantitative estimate of drug-likeness (QED) is 0.862. The van der Waals surface area contributed by atoms with E-state index in [1.54, 1.807) is 0 Å².